The highest BCUT2D eigenvalue weighted by atomic mass is 32.2. The molecule has 3 aromatic rings. The van der Waals surface area contributed by atoms with Gasteiger partial charge in [0.1, 0.15) is 10.8 Å². The highest BCUT2D eigenvalue weighted by molar-refractivity contribution is 7.99. The Labute approximate surface area is 164 Å². The number of nitrogens with zero attached hydrogens (tertiary/aromatic N) is 4. The summed E-state index contributed by atoms with van der Waals surface area (Å²) in [6, 6.07) is 9.58. The van der Waals surface area contributed by atoms with Gasteiger partial charge in [-0.1, -0.05) is 12.1 Å². The molecule has 0 atom stereocenters. The first-order valence-corrected chi connectivity index (χ1v) is 9.02. The monoisotopic (exact) mass is 402 g/mol. The Morgan fingerprint density at radius 2 is 1.93 bits per heavy atom. The lowest BCUT2D eigenvalue weighted by molar-refractivity contribution is 0.396. The molecule has 0 aliphatic heterocycles. The van der Waals surface area contributed by atoms with Crippen molar-refractivity contribution in [2.24, 2.45) is 0 Å². The molecule has 10 heteroatoms. The largest absolute Gasteiger partial charge is 0.481 e. The van der Waals surface area contributed by atoms with Crippen LogP contribution in [0.3, 0.4) is 0 Å². The molecule has 0 amide bonds. The second kappa shape index (κ2) is 9.19. The van der Waals surface area contributed by atoms with Gasteiger partial charge >= 0.3 is 0 Å². The third-order valence-corrected chi connectivity index (χ3v) is 4.28. The van der Waals surface area contributed by atoms with Crippen molar-refractivity contribution in [3.63, 3.8) is 0 Å². The van der Waals surface area contributed by atoms with Gasteiger partial charge in [0.2, 0.25) is 11.8 Å². The van der Waals surface area contributed by atoms with Crippen LogP contribution in [0.1, 0.15) is 5.56 Å². The number of hydrogen-bond donors (Lipinski definition) is 2. The number of benzene rings is 1. The van der Waals surface area contributed by atoms with Gasteiger partial charge in [-0.3, -0.25) is 0 Å². The van der Waals surface area contributed by atoms with Gasteiger partial charge in [0.15, 0.2) is 10.3 Å². The van der Waals surface area contributed by atoms with E-state index in [4.69, 9.17) is 17.0 Å². The van der Waals surface area contributed by atoms with Crippen molar-refractivity contribution in [1.29, 1.82) is 0 Å². The molecule has 0 fully saturated rings. The molecule has 0 spiro atoms. The third kappa shape index (κ3) is 5.83. The molecule has 0 radical (unpaired) electrons. The van der Waals surface area contributed by atoms with Crippen LogP contribution in [0.15, 0.2) is 59.0 Å². The minimum Gasteiger partial charge on any atom is -0.481 e. The van der Waals surface area contributed by atoms with E-state index in [0.717, 1.165) is 5.56 Å². The quantitative estimate of drug-likeness (QED) is 0.367. The number of thiocarbonyl (C=S) groups is 1. The Kier molecular flexibility index (Phi) is 6.44. The number of aromatic nitrogens is 4. The second-order valence-electron chi connectivity index (χ2n) is 5.14. The first-order chi connectivity index (χ1) is 13.1. The van der Waals surface area contributed by atoms with E-state index in [1.54, 1.807) is 36.7 Å². The topological polar surface area (TPSA) is 84.9 Å². The van der Waals surface area contributed by atoms with Crippen molar-refractivity contribution in [3.05, 3.63) is 60.2 Å². The normalized spacial score (nSPS) is 10.3. The van der Waals surface area contributed by atoms with Crippen molar-refractivity contribution in [2.75, 3.05) is 12.4 Å². The molecular formula is C17H15FN6OS2. The average molecular weight is 402 g/mol. The average Bonchev–Trinajstić information content (AvgIpc) is 2.68. The lowest BCUT2D eigenvalue weighted by atomic mass is 10.2. The van der Waals surface area contributed by atoms with E-state index in [9.17, 15) is 4.39 Å². The third-order valence-electron chi connectivity index (χ3n) is 3.22. The molecule has 2 aromatic heterocycles. The molecule has 0 aliphatic rings. The van der Waals surface area contributed by atoms with Crippen LogP contribution in [0.4, 0.5) is 10.3 Å². The fourth-order valence-electron chi connectivity index (χ4n) is 1.98. The highest BCUT2D eigenvalue weighted by Gasteiger charge is 2.09. The summed E-state index contributed by atoms with van der Waals surface area (Å²) in [4.78, 5) is 16.9. The number of anilines is 1. The van der Waals surface area contributed by atoms with Gasteiger partial charge in [-0.25, -0.2) is 19.3 Å². The van der Waals surface area contributed by atoms with E-state index in [2.05, 4.69) is 30.6 Å². The Hall–Kier alpha value is -2.85. The van der Waals surface area contributed by atoms with E-state index < -0.39 is 0 Å². The predicted octanol–water partition coefficient (Wildman–Crippen LogP) is 3.05. The molecule has 0 unspecified atom stereocenters. The van der Waals surface area contributed by atoms with E-state index >= 15 is 0 Å². The minimum atomic E-state index is -0.281. The maximum Gasteiger partial charge on any atom is 0.233 e. The van der Waals surface area contributed by atoms with Crippen LogP contribution in [-0.2, 0) is 6.54 Å². The molecule has 0 aliphatic carbocycles. The van der Waals surface area contributed by atoms with Gasteiger partial charge in [-0.05, 0) is 47.7 Å². The number of methoxy groups -OCH3 is 1. The standard InChI is InChI=1S/C17H15FN6OS2/c1-25-13-9-14(27-17-19-7-2-8-20-17)23-15(22-13)24-16(26)21-10-11-3-5-12(18)6-4-11/h2-9H,10H2,1H3,(H2,21,22,23,24,26). The first kappa shape index (κ1) is 18.9. The van der Waals surface area contributed by atoms with E-state index in [0.29, 0.717) is 27.7 Å². The van der Waals surface area contributed by atoms with E-state index in [1.807, 2.05) is 0 Å². The van der Waals surface area contributed by atoms with Crippen LogP contribution in [0.5, 0.6) is 5.88 Å². The highest BCUT2D eigenvalue weighted by Crippen LogP contribution is 2.25. The Morgan fingerprint density at radius 1 is 1.19 bits per heavy atom. The lowest BCUT2D eigenvalue weighted by Crippen LogP contribution is -2.28. The molecular weight excluding hydrogens is 387 g/mol. The first-order valence-electron chi connectivity index (χ1n) is 7.79. The van der Waals surface area contributed by atoms with Crippen molar-refractivity contribution in [2.45, 2.75) is 16.7 Å². The molecule has 2 heterocycles. The molecule has 3 rings (SSSR count). The van der Waals surface area contributed by atoms with Crippen LogP contribution in [0, 0.1) is 5.82 Å². The predicted molar refractivity (Wildman–Crippen MR) is 104 cm³/mol. The van der Waals surface area contributed by atoms with Crippen LogP contribution in [0.2, 0.25) is 0 Å². The number of nitrogens with one attached hydrogen (secondary N) is 2. The van der Waals surface area contributed by atoms with Crippen molar-refractivity contribution in [3.8, 4) is 5.88 Å². The van der Waals surface area contributed by atoms with Gasteiger partial charge in [-0.15, -0.1) is 0 Å². The lowest BCUT2D eigenvalue weighted by Gasteiger charge is -2.11. The zero-order valence-corrected chi connectivity index (χ0v) is 15.9. The molecule has 7 nitrogen and oxygen atoms in total. The SMILES string of the molecule is COc1cc(Sc2ncccn2)nc(NC(=S)NCc2ccc(F)cc2)n1. The number of hydrogen-bond acceptors (Lipinski definition) is 7. The summed E-state index contributed by atoms with van der Waals surface area (Å²) >= 11 is 6.54. The Balaban J connectivity index is 1.65. The van der Waals surface area contributed by atoms with Crippen molar-refractivity contribution >= 4 is 35.0 Å². The van der Waals surface area contributed by atoms with Crippen molar-refractivity contribution < 1.29 is 9.13 Å². The Bertz CT molecular complexity index is 911. The van der Waals surface area contributed by atoms with Gasteiger partial charge in [0, 0.05) is 25.0 Å². The van der Waals surface area contributed by atoms with E-state index in [-0.39, 0.29) is 11.8 Å². The van der Waals surface area contributed by atoms with Crippen LogP contribution in [-0.4, -0.2) is 32.2 Å². The number of rotatable bonds is 6. The molecule has 0 bridgehead atoms. The summed E-state index contributed by atoms with van der Waals surface area (Å²) in [7, 11) is 1.52. The molecule has 27 heavy (non-hydrogen) atoms. The molecule has 1 aromatic carbocycles. The summed E-state index contributed by atoms with van der Waals surface area (Å²) in [6.07, 6.45) is 3.31. The fraction of sp³-hybridized carbons (Fsp3) is 0.118. The second-order valence-corrected chi connectivity index (χ2v) is 6.54. The zero-order valence-electron chi connectivity index (χ0n) is 14.2. The number of halogens is 1. The molecule has 2 N–H and O–H groups in total. The van der Waals surface area contributed by atoms with Crippen LogP contribution < -0.4 is 15.4 Å². The summed E-state index contributed by atoms with van der Waals surface area (Å²) < 4.78 is 18.2. The maximum absolute atomic E-state index is 12.9. The summed E-state index contributed by atoms with van der Waals surface area (Å²) in [6.45, 7) is 0.440. The summed E-state index contributed by atoms with van der Waals surface area (Å²) in [5.74, 6) is 0.383. The Morgan fingerprint density at radius 3 is 2.63 bits per heavy atom. The van der Waals surface area contributed by atoms with Gasteiger partial charge in [0.25, 0.3) is 0 Å². The van der Waals surface area contributed by atoms with Gasteiger partial charge < -0.3 is 15.4 Å². The van der Waals surface area contributed by atoms with Crippen molar-refractivity contribution in [1.82, 2.24) is 25.3 Å². The fourth-order valence-corrected chi connectivity index (χ4v) is 2.85. The minimum absolute atomic E-state index is 0.281. The summed E-state index contributed by atoms with van der Waals surface area (Å²) in [5, 5.41) is 7.43. The van der Waals surface area contributed by atoms with Crippen LogP contribution >= 0.6 is 24.0 Å². The molecule has 0 saturated carbocycles. The van der Waals surface area contributed by atoms with Crippen LogP contribution in [0.25, 0.3) is 0 Å². The smallest absolute Gasteiger partial charge is 0.233 e. The number of ether oxygens (including phenoxy) is 1. The zero-order chi connectivity index (χ0) is 19.1. The van der Waals surface area contributed by atoms with E-state index in [1.165, 1.54) is 31.0 Å². The van der Waals surface area contributed by atoms with Gasteiger partial charge in [0.05, 0.1) is 7.11 Å². The summed E-state index contributed by atoms with van der Waals surface area (Å²) in [5.41, 5.74) is 0.893. The molecule has 138 valence electrons. The van der Waals surface area contributed by atoms with Gasteiger partial charge in [-0.2, -0.15) is 4.98 Å². The molecule has 0 saturated heterocycles. The maximum atomic E-state index is 12.9.